The molecule has 7 nitrogen and oxygen atoms in total. The second kappa shape index (κ2) is 7.12. The number of hydrogen-bond acceptors (Lipinski definition) is 4. The third-order valence-electron chi connectivity index (χ3n) is 3.99. The lowest BCUT2D eigenvalue weighted by Gasteiger charge is -2.17. The molecule has 0 bridgehead atoms. The molecular formula is C17H13ClF3N5O2. The summed E-state index contributed by atoms with van der Waals surface area (Å²) in [5.41, 5.74) is 0.0468. The van der Waals surface area contributed by atoms with Crippen LogP contribution < -0.4 is 10.2 Å². The van der Waals surface area contributed by atoms with Crippen LogP contribution in [-0.2, 0) is 18.0 Å². The van der Waals surface area contributed by atoms with Gasteiger partial charge in [0, 0.05) is 12.4 Å². The Morgan fingerprint density at radius 2 is 2.04 bits per heavy atom. The normalized spacial score (nSPS) is 11.5. The number of rotatable bonds is 3. The molecule has 3 aromatic rings. The van der Waals surface area contributed by atoms with E-state index in [0.717, 1.165) is 12.1 Å². The Labute approximate surface area is 161 Å². The number of carbonyl (C=O) groups excluding carboxylic acids is 2. The van der Waals surface area contributed by atoms with E-state index in [4.69, 9.17) is 11.6 Å². The number of imide groups is 1. The van der Waals surface area contributed by atoms with Crippen LogP contribution in [0.1, 0.15) is 11.3 Å². The SMILES string of the molecule is Cc1nn(C)c2ncc(N(C=O)C(=O)Nc3cc(C(F)(F)F)ccc3Cl)cc12. The second-order valence-corrected chi connectivity index (χ2v) is 6.28. The minimum Gasteiger partial charge on any atom is -0.306 e. The molecule has 0 radical (unpaired) electrons. The van der Waals surface area contributed by atoms with E-state index in [1.807, 2.05) is 0 Å². The number of aromatic nitrogens is 3. The molecule has 0 aliphatic heterocycles. The number of nitrogens with one attached hydrogen (secondary N) is 1. The predicted octanol–water partition coefficient (Wildman–Crippen LogP) is 4.14. The fraction of sp³-hybridized carbons (Fsp3) is 0.176. The first kappa shape index (κ1) is 19.6. The van der Waals surface area contributed by atoms with E-state index in [9.17, 15) is 22.8 Å². The van der Waals surface area contributed by atoms with E-state index in [1.165, 1.54) is 12.3 Å². The molecular weight excluding hydrogens is 399 g/mol. The van der Waals surface area contributed by atoms with Gasteiger partial charge < -0.3 is 5.32 Å². The molecule has 1 aromatic carbocycles. The molecule has 2 heterocycles. The zero-order chi connectivity index (χ0) is 20.6. The van der Waals surface area contributed by atoms with Crippen molar-refractivity contribution in [3.05, 3.63) is 46.7 Å². The molecule has 0 aliphatic rings. The van der Waals surface area contributed by atoms with Crippen molar-refractivity contribution in [3.8, 4) is 0 Å². The third kappa shape index (κ3) is 3.63. The minimum absolute atomic E-state index is 0.108. The summed E-state index contributed by atoms with van der Waals surface area (Å²) in [5, 5.41) is 6.93. The van der Waals surface area contributed by atoms with Crippen LogP contribution in [0.2, 0.25) is 5.02 Å². The molecule has 0 atom stereocenters. The van der Waals surface area contributed by atoms with Gasteiger partial charge >= 0.3 is 12.2 Å². The van der Waals surface area contributed by atoms with Gasteiger partial charge in [0.25, 0.3) is 0 Å². The molecule has 2 aromatic heterocycles. The fourth-order valence-corrected chi connectivity index (χ4v) is 2.79. The molecule has 3 amide bonds. The number of halogens is 4. The van der Waals surface area contributed by atoms with Crippen LogP contribution in [0.3, 0.4) is 0 Å². The highest BCUT2D eigenvalue weighted by Crippen LogP contribution is 2.34. The largest absolute Gasteiger partial charge is 0.416 e. The molecule has 0 saturated carbocycles. The highest BCUT2D eigenvalue weighted by Gasteiger charge is 2.31. The number of anilines is 2. The van der Waals surface area contributed by atoms with Crippen LogP contribution in [0.15, 0.2) is 30.5 Å². The molecule has 0 saturated heterocycles. The number of nitrogens with zero attached hydrogens (tertiary/aromatic N) is 4. The van der Waals surface area contributed by atoms with E-state index in [0.29, 0.717) is 27.7 Å². The predicted molar refractivity (Wildman–Crippen MR) is 97.3 cm³/mol. The Hall–Kier alpha value is -3.14. The van der Waals surface area contributed by atoms with Crippen LogP contribution in [0, 0.1) is 6.92 Å². The number of aryl methyl sites for hydroxylation is 2. The summed E-state index contributed by atoms with van der Waals surface area (Å²) in [7, 11) is 1.70. The van der Waals surface area contributed by atoms with Crippen LogP contribution in [0.25, 0.3) is 11.0 Å². The zero-order valence-corrected chi connectivity index (χ0v) is 15.3. The van der Waals surface area contributed by atoms with Gasteiger partial charge in [-0.2, -0.15) is 18.3 Å². The van der Waals surface area contributed by atoms with Gasteiger partial charge in [-0.25, -0.2) is 14.7 Å². The maximum Gasteiger partial charge on any atom is 0.416 e. The average molecular weight is 412 g/mol. The van der Waals surface area contributed by atoms with Gasteiger partial charge in [-0.15, -0.1) is 0 Å². The van der Waals surface area contributed by atoms with Gasteiger partial charge in [-0.05, 0) is 31.2 Å². The van der Waals surface area contributed by atoms with Crippen LogP contribution in [0.5, 0.6) is 0 Å². The van der Waals surface area contributed by atoms with Crippen LogP contribution in [0.4, 0.5) is 29.3 Å². The molecule has 11 heteroatoms. The lowest BCUT2D eigenvalue weighted by Crippen LogP contribution is -2.34. The van der Waals surface area contributed by atoms with E-state index < -0.39 is 17.8 Å². The second-order valence-electron chi connectivity index (χ2n) is 5.87. The van der Waals surface area contributed by atoms with Crippen LogP contribution >= 0.6 is 11.6 Å². The number of hydrogen-bond donors (Lipinski definition) is 1. The van der Waals surface area contributed by atoms with Crippen molar-refractivity contribution < 1.29 is 22.8 Å². The zero-order valence-electron chi connectivity index (χ0n) is 14.6. The molecule has 28 heavy (non-hydrogen) atoms. The first-order valence-corrected chi connectivity index (χ1v) is 8.21. The quantitative estimate of drug-likeness (QED) is 0.657. The van der Waals surface area contributed by atoms with E-state index >= 15 is 0 Å². The number of pyridine rings is 1. The first-order valence-electron chi connectivity index (χ1n) is 7.83. The number of carbonyl (C=O) groups is 2. The van der Waals surface area contributed by atoms with Crippen molar-refractivity contribution in [2.45, 2.75) is 13.1 Å². The maximum absolute atomic E-state index is 12.9. The Kier molecular flexibility index (Phi) is 4.99. The van der Waals surface area contributed by atoms with Crippen molar-refractivity contribution in [1.29, 1.82) is 0 Å². The molecule has 1 N–H and O–H groups in total. The van der Waals surface area contributed by atoms with E-state index in [-0.39, 0.29) is 22.8 Å². The topological polar surface area (TPSA) is 80.1 Å². The molecule has 3 rings (SSSR count). The smallest absolute Gasteiger partial charge is 0.306 e. The number of amides is 3. The van der Waals surface area contributed by atoms with Crippen molar-refractivity contribution in [3.63, 3.8) is 0 Å². The van der Waals surface area contributed by atoms with Crippen molar-refractivity contribution in [1.82, 2.24) is 14.8 Å². The van der Waals surface area contributed by atoms with Gasteiger partial charge in [0.2, 0.25) is 6.41 Å². The Morgan fingerprint density at radius 3 is 2.68 bits per heavy atom. The lowest BCUT2D eigenvalue weighted by molar-refractivity contribution is -0.137. The molecule has 0 spiro atoms. The van der Waals surface area contributed by atoms with Gasteiger partial charge in [0.15, 0.2) is 5.65 Å². The van der Waals surface area contributed by atoms with Crippen molar-refractivity contribution in [2.75, 3.05) is 10.2 Å². The highest BCUT2D eigenvalue weighted by molar-refractivity contribution is 6.34. The summed E-state index contributed by atoms with van der Waals surface area (Å²) in [6.07, 6.45) is -3.10. The van der Waals surface area contributed by atoms with Gasteiger partial charge in [0.05, 0.1) is 33.9 Å². The first-order chi connectivity index (χ1) is 13.1. The molecule has 0 unspecified atom stereocenters. The van der Waals surface area contributed by atoms with Crippen LogP contribution in [-0.4, -0.2) is 27.2 Å². The standard InChI is InChI=1S/C17H13ClF3N5O2/c1-9-12-6-11(7-22-15(12)25(2)24-9)26(8-27)16(28)23-14-5-10(17(19,20)21)3-4-13(14)18/h3-8H,1-2H3,(H,23,28). The number of benzene rings is 1. The number of fused-ring (bicyclic) bond motifs is 1. The summed E-state index contributed by atoms with van der Waals surface area (Å²) < 4.78 is 40.2. The van der Waals surface area contributed by atoms with Gasteiger partial charge in [-0.1, -0.05) is 11.6 Å². The highest BCUT2D eigenvalue weighted by atomic mass is 35.5. The van der Waals surface area contributed by atoms with Crippen molar-refractivity contribution >= 4 is 46.5 Å². The monoisotopic (exact) mass is 411 g/mol. The maximum atomic E-state index is 12.9. The molecule has 0 aliphatic carbocycles. The molecule has 146 valence electrons. The summed E-state index contributed by atoms with van der Waals surface area (Å²) in [6.45, 7) is 1.74. The summed E-state index contributed by atoms with van der Waals surface area (Å²) in [5.74, 6) is 0. The summed E-state index contributed by atoms with van der Waals surface area (Å²) in [4.78, 5) is 28.8. The number of alkyl halides is 3. The molecule has 0 fully saturated rings. The third-order valence-corrected chi connectivity index (χ3v) is 4.32. The minimum atomic E-state index is -4.61. The summed E-state index contributed by atoms with van der Waals surface area (Å²) in [6, 6.07) is 3.04. The van der Waals surface area contributed by atoms with E-state index in [1.54, 1.807) is 18.7 Å². The Morgan fingerprint density at radius 1 is 1.32 bits per heavy atom. The van der Waals surface area contributed by atoms with Gasteiger partial charge in [-0.3, -0.25) is 9.48 Å². The summed E-state index contributed by atoms with van der Waals surface area (Å²) >= 11 is 5.87. The van der Waals surface area contributed by atoms with Crippen molar-refractivity contribution in [2.24, 2.45) is 7.05 Å². The fourth-order valence-electron chi connectivity index (χ4n) is 2.63. The van der Waals surface area contributed by atoms with E-state index in [2.05, 4.69) is 15.4 Å². The average Bonchev–Trinajstić information content (AvgIpc) is 2.90. The van der Waals surface area contributed by atoms with Gasteiger partial charge in [0.1, 0.15) is 0 Å². The lowest BCUT2D eigenvalue weighted by atomic mass is 10.2. The number of urea groups is 1. The Balaban J connectivity index is 1.93. The Bertz CT molecular complexity index is 1080.